The summed E-state index contributed by atoms with van der Waals surface area (Å²) in [6.45, 7) is 0. The molecule has 0 saturated heterocycles. The van der Waals surface area contributed by atoms with Crippen molar-refractivity contribution in [2.45, 2.75) is 12.5 Å². The third kappa shape index (κ3) is 3.78. The predicted molar refractivity (Wildman–Crippen MR) is 86.6 cm³/mol. The van der Waals surface area contributed by atoms with Crippen LogP contribution >= 0.6 is 43.5 Å². The maximum absolute atomic E-state index is 6.34. The molecule has 1 aromatic heterocycles. The summed E-state index contributed by atoms with van der Waals surface area (Å²) in [5, 5.41) is 4.04. The minimum absolute atomic E-state index is 0.138. The average molecular weight is 405 g/mol. The highest BCUT2D eigenvalue weighted by molar-refractivity contribution is 9.10. The number of hydrogen-bond acceptors (Lipinski definition) is 2. The van der Waals surface area contributed by atoms with E-state index < -0.39 is 0 Å². The van der Waals surface area contributed by atoms with Crippen molar-refractivity contribution in [3.8, 4) is 0 Å². The monoisotopic (exact) mass is 402 g/mol. The van der Waals surface area contributed by atoms with Crippen molar-refractivity contribution in [3.63, 3.8) is 0 Å². The van der Waals surface area contributed by atoms with Crippen LogP contribution in [0, 0.1) is 0 Å². The number of likely N-dealkylation sites (N-methyl/N-ethyl adjacent to an activating group) is 1. The van der Waals surface area contributed by atoms with E-state index in [1.807, 2.05) is 43.6 Å². The molecule has 1 aromatic carbocycles. The first kappa shape index (κ1) is 15.0. The van der Waals surface area contributed by atoms with Gasteiger partial charge in [0.05, 0.1) is 5.02 Å². The Balaban J connectivity index is 2.25. The van der Waals surface area contributed by atoms with Gasteiger partial charge in [0.25, 0.3) is 0 Å². The number of halogens is 3. The van der Waals surface area contributed by atoms with Gasteiger partial charge < -0.3 is 5.32 Å². The van der Waals surface area contributed by atoms with Crippen molar-refractivity contribution in [1.29, 1.82) is 0 Å². The van der Waals surface area contributed by atoms with Crippen LogP contribution in [0.5, 0.6) is 0 Å². The molecule has 0 aliphatic carbocycles. The molecule has 0 amide bonds. The van der Waals surface area contributed by atoms with Crippen LogP contribution in [0.2, 0.25) is 5.02 Å². The van der Waals surface area contributed by atoms with Gasteiger partial charge in [0.15, 0.2) is 0 Å². The molecule has 2 aromatic rings. The number of pyridine rings is 1. The molecule has 0 aliphatic heterocycles. The molecule has 1 N–H and O–H groups in total. The maximum atomic E-state index is 6.34. The number of nitrogens with one attached hydrogen (secondary N) is 1. The lowest BCUT2D eigenvalue weighted by atomic mass is 10.0. The summed E-state index contributed by atoms with van der Waals surface area (Å²) in [5.74, 6) is 0. The Bertz CT molecular complexity index is 558. The Hall–Kier alpha value is -0.420. The Morgan fingerprint density at radius 1 is 1.26 bits per heavy atom. The Kier molecular flexibility index (Phi) is 5.39. The van der Waals surface area contributed by atoms with E-state index in [-0.39, 0.29) is 6.04 Å². The molecule has 1 unspecified atom stereocenters. The summed E-state index contributed by atoms with van der Waals surface area (Å²) in [4.78, 5) is 4.40. The van der Waals surface area contributed by atoms with Crippen molar-refractivity contribution >= 4 is 43.5 Å². The highest BCUT2D eigenvalue weighted by atomic mass is 79.9. The van der Waals surface area contributed by atoms with Gasteiger partial charge in [-0.3, -0.25) is 4.98 Å². The second kappa shape index (κ2) is 6.84. The molecule has 0 fully saturated rings. The normalized spacial score (nSPS) is 12.4. The van der Waals surface area contributed by atoms with E-state index in [2.05, 4.69) is 42.2 Å². The fourth-order valence-electron chi connectivity index (χ4n) is 1.89. The number of rotatable bonds is 4. The minimum Gasteiger partial charge on any atom is -0.313 e. The second-order valence-electron chi connectivity index (χ2n) is 4.16. The lowest BCUT2D eigenvalue weighted by molar-refractivity contribution is 0.584. The number of nitrogens with zero attached hydrogens (tertiary/aromatic N) is 1. The SMILES string of the molecule is CNC(Cc1ccc(Br)cn1)c1cccc(Br)c1Cl. The van der Waals surface area contributed by atoms with Crippen LogP contribution in [0.15, 0.2) is 45.5 Å². The van der Waals surface area contributed by atoms with Gasteiger partial charge in [0.1, 0.15) is 0 Å². The summed E-state index contributed by atoms with van der Waals surface area (Å²) in [6, 6.07) is 10.1. The average Bonchev–Trinajstić information content (AvgIpc) is 2.42. The van der Waals surface area contributed by atoms with E-state index in [1.54, 1.807) is 0 Å². The highest BCUT2D eigenvalue weighted by Gasteiger charge is 2.15. The summed E-state index contributed by atoms with van der Waals surface area (Å²) in [7, 11) is 1.93. The molecule has 0 bridgehead atoms. The van der Waals surface area contributed by atoms with E-state index in [0.29, 0.717) is 0 Å². The van der Waals surface area contributed by atoms with Gasteiger partial charge in [0, 0.05) is 33.3 Å². The third-order valence-corrected chi connectivity index (χ3v) is 4.69. The molecule has 0 radical (unpaired) electrons. The largest absolute Gasteiger partial charge is 0.313 e. The van der Waals surface area contributed by atoms with Crippen molar-refractivity contribution in [2.75, 3.05) is 7.05 Å². The molecular weight excluding hydrogens is 391 g/mol. The topological polar surface area (TPSA) is 24.9 Å². The van der Waals surface area contributed by atoms with E-state index >= 15 is 0 Å². The van der Waals surface area contributed by atoms with Gasteiger partial charge in [-0.2, -0.15) is 0 Å². The zero-order valence-corrected chi connectivity index (χ0v) is 14.3. The van der Waals surface area contributed by atoms with Crippen LogP contribution in [0.3, 0.4) is 0 Å². The molecule has 5 heteroatoms. The molecule has 1 heterocycles. The van der Waals surface area contributed by atoms with Crippen molar-refractivity contribution in [2.24, 2.45) is 0 Å². The van der Waals surface area contributed by atoms with Crippen LogP contribution in [-0.2, 0) is 6.42 Å². The third-order valence-electron chi connectivity index (χ3n) is 2.91. The summed E-state index contributed by atoms with van der Waals surface area (Å²) in [6.07, 6.45) is 2.60. The Morgan fingerprint density at radius 3 is 2.68 bits per heavy atom. The molecule has 0 spiro atoms. The Labute approximate surface area is 134 Å². The first-order valence-corrected chi connectivity index (χ1v) is 7.80. The van der Waals surface area contributed by atoms with E-state index in [1.165, 1.54) is 0 Å². The smallest absolute Gasteiger partial charge is 0.0595 e. The van der Waals surface area contributed by atoms with Gasteiger partial charge in [-0.1, -0.05) is 23.7 Å². The molecule has 0 saturated carbocycles. The van der Waals surface area contributed by atoms with E-state index in [0.717, 1.165) is 31.6 Å². The van der Waals surface area contributed by atoms with E-state index in [9.17, 15) is 0 Å². The molecule has 2 rings (SSSR count). The second-order valence-corrected chi connectivity index (χ2v) is 6.30. The van der Waals surface area contributed by atoms with Crippen LogP contribution < -0.4 is 5.32 Å². The molecule has 19 heavy (non-hydrogen) atoms. The van der Waals surface area contributed by atoms with Gasteiger partial charge in [-0.05, 0) is 62.7 Å². The van der Waals surface area contributed by atoms with Crippen molar-refractivity contribution in [1.82, 2.24) is 10.3 Å². The lowest BCUT2D eigenvalue weighted by Gasteiger charge is -2.18. The number of aromatic nitrogens is 1. The standard InChI is InChI=1S/C14H13Br2ClN2/c1-18-13(7-10-6-5-9(15)8-19-10)11-3-2-4-12(16)14(11)17/h2-6,8,13,18H,7H2,1H3. The van der Waals surface area contributed by atoms with Crippen LogP contribution in [0.25, 0.3) is 0 Å². The van der Waals surface area contributed by atoms with Crippen LogP contribution in [0.4, 0.5) is 0 Å². The summed E-state index contributed by atoms with van der Waals surface area (Å²) >= 11 is 13.2. The first-order chi connectivity index (χ1) is 9.11. The molecule has 0 aliphatic rings. The Morgan fingerprint density at radius 2 is 2.05 bits per heavy atom. The minimum atomic E-state index is 0.138. The number of benzene rings is 1. The molecule has 1 atom stereocenters. The highest BCUT2D eigenvalue weighted by Crippen LogP contribution is 2.31. The summed E-state index contributed by atoms with van der Waals surface area (Å²) < 4.78 is 1.90. The van der Waals surface area contributed by atoms with Gasteiger partial charge in [-0.25, -0.2) is 0 Å². The lowest BCUT2D eigenvalue weighted by Crippen LogP contribution is -2.19. The molecule has 2 nitrogen and oxygen atoms in total. The fraction of sp³-hybridized carbons (Fsp3) is 0.214. The van der Waals surface area contributed by atoms with Crippen LogP contribution in [0.1, 0.15) is 17.3 Å². The molecular formula is C14H13Br2ClN2. The van der Waals surface area contributed by atoms with Crippen molar-refractivity contribution < 1.29 is 0 Å². The quantitative estimate of drug-likeness (QED) is 0.795. The zero-order valence-electron chi connectivity index (χ0n) is 10.3. The van der Waals surface area contributed by atoms with Gasteiger partial charge >= 0.3 is 0 Å². The number of hydrogen-bond donors (Lipinski definition) is 1. The van der Waals surface area contributed by atoms with Gasteiger partial charge in [0.2, 0.25) is 0 Å². The predicted octanol–water partition coefficient (Wildman–Crippen LogP) is 4.76. The van der Waals surface area contributed by atoms with E-state index in [4.69, 9.17) is 11.6 Å². The summed E-state index contributed by atoms with van der Waals surface area (Å²) in [5.41, 5.74) is 2.10. The maximum Gasteiger partial charge on any atom is 0.0595 e. The van der Waals surface area contributed by atoms with Crippen molar-refractivity contribution in [3.05, 3.63) is 61.8 Å². The fourth-order valence-corrected chi connectivity index (χ4v) is 2.77. The zero-order chi connectivity index (χ0) is 13.8. The first-order valence-electron chi connectivity index (χ1n) is 5.83. The van der Waals surface area contributed by atoms with Crippen LogP contribution in [-0.4, -0.2) is 12.0 Å². The van der Waals surface area contributed by atoms with Gasteiger partial charge in [-0.15, -0.1) is 0 Å². The molecule has 100 valence electrons.